The molecule has 2 atom stereocenters. The summed E-state index contributed by atoms with van der Waals surface area (Å²) in [4.78, 5) is 16.1. The van der Waals surface area contributed by atoms with Crippen LogP contribution >= 0.6 is 22.9 Å². The number of hydrogen-bond donors (Lipinski definition) is 2. The van der Waals surface area contributed by atoms with Crippen molar-refractivity contribution in [3.63, 3.8) is 0 Å². The number of nitrogens with zero attached hydrogens (tertiary/aromatic N) is 1. The molecule has 1 amide bonds. The predicted molar refractivity (Wildman–Crippen MR) is 84.8 cm³/mol. The molecule has 0 radical (unpaired) electrons. The number of amides is 1. The van der Waals surface area contributed by atoms with Crippen LogP contribution in [0.4, 0.5) is 4.79 Å². The van der Waals surface area contributed by atoms with Gasteiger partial charge in [-0.15, -0.1) is 11.3 Å². The molecule has 2 rings (SSSR count). The summed E-state index contributed by atoms with van der Waals surface area (Å²) in [6.07, 6.45) is 4.42. The minimum absolute atomic E-state index is 0.107. The van der Waals surface area contributed by atoms with Gasteiger partial charge in [0.15, 0.2) is 0 Å². The number of halogens is 1. The minimum atomic E-state index is -0.469. The summed E-state index contributed by atoms with van der Waals surface area (Å²) in [7, 11) is 0. The SMILES string of the molecule is CC(C)(C)OC(=O)NC1CCCC1NCc1ncc(Cl)s1. The van der Waals surface area contributed by atoms with E-state index < -0.39 is 5.60 Å². The summed E-state index contributed by atoms with van der Waals surface area (Å²) in [5.41, 5.74) is -0.469. The van der Waals surface area contributed by atoms with Gasteiger partial charge in [0.2, 0.25) is 0 Å². The highest BCUT2D eigenvalue weighted by molar-refractivity contribution is 7.15. The molecule has 1 aliphatic rings. The van der Waals surface area contributed by atoms with Crippen LogP contribution in [0.5, 0.6) is 0 Å². The lowest BCUT2D eigenvalue weighted by Gasteiger charge is -2.25. The Labute approximate surface area is 134 Å². The molecule has 2 unspecified atom stereocenters. The zero-order valence-corrected chi connectivity index (χ0v) is 14.2. The van der Waals surface area contributed by atoms with Crippen LogP contribution in [0.15, 0.2) is 6.20 Å². The van der Waals surface area contributed by atoms with E-state index in [1.54, 1.807) is 6.20 Å². The van der Waals surface area contributed by atoms with E-state index in [0.29, 0.717) is 10.9 Å². The molecule has 0 saturated heterocycles. The Hall–Kier alpha value is -0.850. The van der Waals surface area contributed by atoms with Gasteiger partial charge in [-0.25, -0.2) is 9.78 Å². The lowest BCUT2D eigenvalue weighted by Crippen LogP contribution is -2.47. The van der Waals surface area contributed by atoms with Crippen molar-refractivity contribution in [2.75, 3.05) is 0 Å². The summed E-state index contributed by atoms with van der Waals surface area (Å²) < 4.78 is 6.00. The number of aromatic nitrogens is 1. The van der Waals surface area contributed by atoms with Crippen LogP contribution in [0, 0.1) is 0 Å². The Morgan fingerprint density at radius 1 is 1.48 bits per heavy atom. The summed E-state index contributed by atoms with van der Waals surface area (Å²) in [5, 5.41) is 7.37. The molecule has 1 saturated carbocycles. The number of hydrogen-bond acceptors (Lipinski definition) is 5. The number of rotatable bonds is 4. The van der Waals surface area contributed by atoms with Crippen molar-refractivity contribution >= 4 is 29.0 Å². The smallest absolute Gasteiger partial charge is 0.407 e. The molecule has 1 aromatic heterocycles. The van der Waals surface area contributed by atoms with E-state index in [-0.39, 0.29) is 18.2 Å². The number of carbonyl (C=O) groups is 1. The summed E-state index contributed by atoms with van der Waals surface area (Å²) in [6.45, 7) is 6.27. The molecule has 118 valence electrons. The molecule has 0 aliphatic heterocycles. The summed E-state index contributed by atoms with van der Waals surface area (Å²) >= 11 is 7.34. The van der Waals surface area contributed by atoms with Crippen LogP contribution in [0.3, 0.4) is 0 Å². The highest BCUT2D eigenvalue weighted by atomic mass is 35.5. The van der Waals surface area contributed by atoms with Crippen molar-refractivity contribution < 1.29 is 9.53 Å². The van der Waals surface area contributed by atoms with E-state index in [0.717, 1.165) is 24.3 Å². The third-order valence-corrected chi connectivity index (χ3v) is 4.37. The molecular weight excluding hydrogens is 310 g/mol. The molecule has 0 spiro atoms. The number of thiazole rings is 1. The second-order valence-electron chi connectivity index (χ2n) is 6.23. The van der Waals surface area contributed by atoms with Crippen molar-refractivity contribution in [2.24, 2.45) is 0 Å². The van der Waals surface area contributed by atoms with E-state index in [9.17, 15) is 4.79 Å². The van der Waals surface area contributed by atoms with Gasteiger partial charge >= 0.3 is 6.09 Å². The molecule has 2 N–H and O–H groups in total. The first-order valence-electron chi connectivity index (χ1n) is 7.16. The van der Waals surface area contributed by atoms with Crippen LogP contribution in [-0.2, 0) is 11.3 Å². The number of nitrogens with one attached hydrogen (secondary N) is 2. The van der Waals surface area contributed by atoms with Gasteiger partial charge in [-0.3, -0.25) is 0 Å². The van der Waals surface area contributed by atoms with Gasteiger partial charge in [0.05, 0.1) is 6.20 Å². The normalized spacial score (nSPS) is 22.3. The van der Waals surface area contributed by atoms with Crippen molar-refractivity contribution in [3.05, 3.63) is 15.5 Å². The Bertz CT molecular complexity index is 487. The topological polar surface area (TPSA) is 63.2 Å². The predicted octanol–water partition coefficient (Wildman–Crippen LogP) is 3.33. The van der Waals surface area contributed by atoms with Gasteiger partial charge < -0.3 is 15.4 Å². The maximum Gasteiger partial charge on any atom is 0.407 e. The highest BCUT2D eigenvalue weighted by Gasteiger charge is 2.29. The lowest BCUT2D eigenvalue weighted by atomic mass is 10.1. The second-order valence-corrected chi connectivity index (χ2v) is 7.98. The van der Waals surface area contributed by atoms with Crippen molar-refractivity contribution in [1.82, 2.24) is 15.6 Å². The standard InChI is InChI=1S/C14H22ClN3O2S/c1-14(2,3)20-13(19)18-10-6-4-5-9(10)16-8-12-17-7-11(15)21-12/h7,9-10,16H,4-6,8H2,1-3H3,(H,18,19). The van der Waals surface area contributed by atoms with Crippen molar-refractivity contribution in [3.8, 4) is 0 Å². The number of ether oxygens (including phenoxy) is 1. The van der Waals surface area contributed by atoms with Crippen LogP contribution in [0.1, 0.15) is 45.0 Å². The molecule has 7 heteroatoms. The van der Waals surface area contributed by atoms with E-state index in [2.05, 4.69) is 15.6 Å². The fraction of sp³-hybridized carbons (Fsp3) is 0.714. The minimum Gasteiger partial charge on any atom is -0.444 e. The zero-order valence-electron chi connectivity index (χ0n) is 12.6. The van der Waals surface area contributed by atoms with Crippen LogP contribution < -0.4 is 10.6 Å². The van der Waals surface area contributed by atoms with Gasteiger partial charge in [0, 0.05) is 18.6 Å². The van der Waals surface area contributed by atoms with Gasteiger partial charge in [-0.2, -0.15) is 0 Å². The fourth-order valence-electron chi connectivity index (χ4n) is 2.42. The number of alkyl carbamates (subject to hydrolysis) is 1. The van der Waals surface area contributed by atoms with E-state index in [4.69, 9.17) is 16.3 Å². The molecule has 21 heavy (non-hydrogen) atoms. The fourth-order valence-corrected chi connectivity index (χ4v) is 3.33. The molecule has 1 heterocycles. The molecule has 0 aromatic carbocycles. The summed E-state index contributed by atoms with van der Waals surface area (Å²) in [6, 6.07) is 0.357. The van der Waals surface area contributed by atoms with Gasteiger partial charge in [0.25, 0.3) is 0 Å². The first-order chi connectivity index (χ1) is 9.83. The molecule has 0 bridgehead atoms. The molecule has 5 nitrogen and oxygen atoms in total. The Morgan fingerprint density at radius 2 is 2.19 bits per heavy atom. The third-order valence-electron chi connectivity index (χ3n) is 3.26. The van der Waals surface area contributed by atoms with E-state index >= 15 is 0 Å². The van der Waals surface area contributed by atoms with E-state index in [1.165, 1.54) is 11.3 Å². The van der Waals surface area contributed by atoms with Crippen molar-refractivity contribution in [2.45, 2.75) is 64.3 Å². The largest absolute Gasteiger partial charge is 0.444 e. The quantitative estimate of drug-likeness (QED) is 0.888. The van der Waals surface area contributed by atoms with Crippen LogP contribution in [0.25, 0.3) is 0 Å². The van der Waals surface area contributed by atoms with Crippen molar-refractivity contribution in [1.29, 1.82) is 0 Å². The maximum atomic E-state index is 11.8. The molecule has 1 aliphatic carbocycles. The average molecular weight is 332 g/mol. The Balaban J connectivity index is 1.81. The van der Waals surface area contributed by atoms with Gasteiger partial charge in [-0.05, 0) is 40.0 Å². The molecular formula is C14H22ClN3O2S. The van der Waals surface area contributed by atoms with E-state index in [1.807, 2.05) is 20.8 Å². The van der Waals surface area contributed by atoms with Gasteiger partial charge in [-0.1, -0.05) is 11.6 Å². The summed E-state index contributed by atoms with van der Waals surface area (Å²) in [5.74, 6) is 0. The molecule has 1 aromatic rings. The Kier molecular flexibility index (Phi) is 5.46. The third kappa shape index (κ3) is 5.45. The van der Waals surface area contributed by atoms with Crippen LogP contribution in [-0.4, -0.2) is 28.8 Å². The highest BCUT2D eigenvalue weighted by Crippen LogP contribution is 2.22. The van der Waals surface area contributed by atoms with Gasteiger partial charge in [0.1, 0.15) is 14.9 Å². The van der Waals surface area contributed by atoms with Crippen LogP contribution in [0.2, 0.25) is 4.34 Å². The average Bonchev–Trinajstić information content (AvgIpc) is 2.93. The first kappa shape index (κ1) is 16.5. The lowest BCUT2D eigenvalue weighted by molar-refractivity contribution is 0.0498. The molecule has 1 fully saturated rings. The monoisotopic (exact) mass is 331 g/mol. The number of carbonyl (C=O) groups excluding carboxylic acids is 1. The zero-order chi connectivity index (χ0) is 15.5. The Morgan fingerprint density at radius 3 is 2.81 bits per heavy atom. The first-order valence-corrected chi connectivity index (χ1v) is 8.36. The maximum absolute atomic E-state index is 11.8. The second kappa shape index (κ2) is 6.94.